The summed E-state index contributed by atoms with van der Waals surface area (Å²) in [5.41, 5.74) is 2.27. The number of hydrogen-bond acceptors (Lipinski definition) is 0. The fourth-order valence-corrected chi connectivity index (χ4v) is 1.23. The summed E-state index contributed by atoms with van der Waals surface area (Å²) in [7, 11) is 0. The Labute approximate surface area is 74.4 Å². The van der Waals surface area contributed by atoms with Crippen molar-refractivity contribution in [2.45, 2.75) is 34.1 Å². The van der Waals surface area contributed by atoms with Crippen molar-refractivity contribution in [3.63, 3.8) is 0 Å². The second-order valence-corrected chi connectivity index (χ2v) is 3.16. The maximum absolute atomic E-state index is 12.7. The lowest BCUT2D eigenvalue weighted by Gasteiger charge is -2.08. The summed E-state index contributed by atoms with van der Waals surface area (Å²) < 4.78 is 12.7. The molecule has 1 aromatic carbocycles. The molecule has 0 saturated carbocycles. The molecule has 0 aromatic heterocycles. The van der Waals surface area contributed by atoms with Crippen LogP contribution in [0.4, 0.5) is 4.39 Å². The van der Waals surface area contributed by atoms with E-state index < -0.39 is 0 Å². The molecule has 0 bridgehead atoms. The molecule has 0 heterocycles. The molecule has 0 saturated heterocycles. The van der Waals surface area contributed by atoms with Gasteiger partial charge in [0.15, 0.2) is 0 Å². The maximum atomic E-state index is 12.7. The molecule has 1 aromatic rings. The van der Waals surface area contributed by atoms with Crippen molar-refractivity contribution >= 4 is 0 Å². The fourth-order valence-electron chi connectivity index (χ4n) is 1.23. The van der Waals surface area contributed by atoms with Crippen LogP contribution < -0.4 is 0 Å². The van der Waals surface area contributed by atoms with Gasteiger partial charge >= 0.3 is 0 Å². The molecule has 0 aliphatic carbocycles. The van der Waals surface area contributed by atoms with Crippen molar-refractivity contribution in [1.82, 2.24) is 0 Å². The summed E-state index contributed by atoms with van der Waals surface area (Å²) in [5, 5.41) is 0. The van der Waals surface area contributed by atoms with Gasteiger partial charge < -0.3 is 0 Å². The predicted molar refractivity (Wildman–Crippen MR) is 52.0 cm³/mol. The van der Waals surface area contributed by atoms with E-state index in [9.17, 15) is 4.39 Å². The van der Waals surface area contributed by atoms with Crippen LogP contribution in [0.3, 0.4) is 0 Å². The van der Waals surface area contributed by atoms with Gasteiger partial charge in [0.25, 0.3) is 0 Å². The van der Waals surface area contributed by atoms with Crippen LogP contribution in [0.25, 0.3) is 0 Å². The van der Waals surface area contributed by atoms with E-state index >= 15 is 0 Å². The average molecular weight is 168 g/mol. The highest BCUT2D eigenvalue weighted by atomic mass is 19.1. The second-order valence-electron chi connectivity index (χ2n) is 3.16. The van der Waals surface area contributed by atoms with Crippen LogP contribution in [-0.4, -0.2) is 0 Å². The average Bonchev–Trinajstić information content (AvgIpc) is 1.94. The van der Waals surface area contributed by atoms with Gasteiger partial charge in [-0.15, -0.1) is 0 Å². The lowest BCUT2D eigenvalue weighted by molar-refractivity contribution is 0.622. The molecule has 68 valence electrons. The van der Waals surface area contributed by atoms with Gasteiger partial charge in [-0.2, -0.15) is 0 Å². The summed E-state index contributed by atoms with van der Waals surface area (Å²) in [6.07, 6.45) is 0. The number of aryl methyl sites for hydroxylation is 1. The molecule has 0 nitrogen and oxygen atoms in total. The van der Waals surface area contributed by atoms with Gasteiger partial charge in [0.2, 0.25) is 0 Å². The van der Waals surface area contributed by atoms with Crippen LogP contribution in [0.15, 0.2) is 18.2 Å². The van der Waals surface area contributed by atoms with E-state index in [1.807, 2.05) is 13.0 Å². The smallest absolute Gasteiger partial charge is 0.123 e. The number of hydrogen-bond donors (Lipinski definition) is 0. The number of rotatable bonds is 1. The summed E-state index contributed by atoms with van der Waals surface area (Å²) in [6.45, 7) is 6.15. The molecule has 12 heavy (non-hydrogen) atoms. The van der Waals surface area contributed by atoms with E-state index in [1.165, 1.54) is 11.6 Å². The van der Waals surface area contributed by atoms with Gasteiger partial charge in [-0.3, -0.25) is 0 Å². The quantitative estimate of drug-likeness (QED) is 0.596. The third kappa shape index (κ3) is 2.33. The van der Waals surface area contributed by atoms with Gasteiger partial charge in [0, 0.05) is 0 Å². The van der Waals surface area contributed by atoms with Crippen molar-refractivity contribution in [2.24, 2.45) is 0 Å². The third-order valence-corrected chi connectivity index (χ3v) is 1.86. The summed E-state index contributed by atoms with van der Waals surface area (Å²) in [5.74, 6) is 0.269. The molecule has 0 amide bonds. The first-order chi connectivity index (χ1) is 5.11. The Hall–Kier alpha value is -0.850. The Kier molecular flexibility index (Phi) is 3.94. The molecule has 0 aliphatic rings. The first-order valence-electron chi connectivity index (χ1n) is 3.87. The molecule has 0 fully saturated rings. The topological polar surface area (TPSA) is 0 Å². The summed E-state index contributed by atoms with van der Waals surface area (Å²) in [6, 6.07) is 4.94. The zero-order chi connectivity index (χ0) is 8.43. The normalized spacial score (nSPS) is 9.75. The highest BCUT2D eigenvalue weighted by molar-refractivity contribution is 5.28. The highest BCUT2D eigenvalue weighted by Crippen LogP contribution is 2.19. The summed E-state index contributed by atoms with van der Waals surface area (Å²) in [4.78, 5) is 0. The van der Waals surface area contributed by atoms with Crippen LogP contribution in [0.2, 0.25) is 0 Å². The Balaban J connectivity index is 0.00000121. The van der Waals surface area contributed by atoms with Crippen molar-refractivity contribution in [3.05, 3.63) is 35.1 Å². The molecular formula is C11H17F. The maximum Gasteiger partial charge on any atom is 0.123 e. The van der Waals surface area contributed by atoms with Gasteiger partial charge in [-0.25, -0.2) is 4.39 Å². The standard InChI is InChI=1S/C10H13F.CH4/c1-7(2)10-6-9(11)5-4-8(10)3;/h4-7H,1-3H3;1H4. The van der Waals surface area contributed by atoms with Crippen molar-refractivity contribution in [2.75, 3.05) is 0 Å². The van der Waals surface area contributed by atoms with Crippen LogP contribution in [0, 0.1) is 12.7 Å². The minimum Gasteiger partial charge on any atom is -0.207 e. The Morgan fingerprint density at radius 1 is 1.25 bits per heavy atom. The monoisotopic (exact) mass is 168 g/mol. The van der Waals surface area contributed by atoms with Gasteiger partial charge in [0.05, 0.1) is 0 Å². The lowest BCUT2D eigenvalue weighted by atomic mass is 9.98. The van der Waals surface area contributed by atoms with E-state index in [0.29, 0.717) is 5.92 Å². The third-order valence-electron chi connectivity index (χ3n) is 1.86. The zero-order valence-electron chi connectivity index (χ0n) is 7.19. The Bertz CT molecular complexity index is 251. The fraction of sp³-hybridized carbons (Fsp3) is 0.455. The van der Waals surface area contributed by atoms with Crippen LogP contribution in [0.5, 0.6) is 0 Å². The zero-order valence-corrected chi connectivity index (χ0v) is 7.19. The number of halogens is 1. The van der Waals surface area contributed by atoms with Gasteiger partial charge in [0.1, 0.15) is 5.82 Å². The molecule has 0 unspecified atom stereocenters. The van der Waals surface area contributed by atoms with Gasteiger partial charge in [-0.1, -0.05) is 27.3 Å². The minimum atomic E-state index is -0.140. The lowest BCUT2D eigenvalue weighted by Crippen LogP contribution is -1.92. The van der Waals surface area contributed by atoms with E-state index in [-0.39, 0.29) is 13.2 Å². The Morgan fingerprint density at radius 3 is 2.25 bits per heavy atom. The predicted octanol–water partition coefficient (Wildman–Crippen LogP) is 3.89. The summed E-state index contributed by atoms with van der Waals surface area (Å²) >= 11 is 0. The SMILES string of the molecule is C.Cc1ccc(F)cc1C(C)C. The first-order valence-corrected chi connectivity index (χ1v) is 3.87. The molecule has 1 rings (SSSR count). The van der Waals surface area contributed by atoms with E-state index in [2.05, 4.69) is 13.8 Å². The van der Waals surface area contributed by atoms with Crippen LogP contribution >= 0.6 is 0 Å². The molecule has 0 spiro atoms. The first kappa shape index (κ1) is 11.2. The molecule has 0 N–H and O–H groups in total. The molecule has 0 atom stereocenters. The highest BCUT2D eigenvalue weighted by Gasteiger charge is 2.03. The number of benzene rings is 1. The molecule has 0 aliphatic heterocycles. The van der Waals surface area contributed by atoms with Crippen molar-refractivity contribution < 1.29 is 4.39 Å². The second kappa shape index (κ2) is 4.24. The Morgan fingerprint density at radius 2 is 1.83 bits per heavy atom. The van der Waals surface area contributed by atoms with E-state index in [4.69, 9.17) is 0 Å². The van der Waals surface area contributed by atoms with Crippen LogP contribution in [0.1, 0.15) is 38.3 Å². The van der Waals surface area contributed by atoms with E-state index in [0.717, 1.165) is 5.56 Å². The van der Waals surface area contributed by atoms with Crippen molar-refractivity contribution in [1.29, 1.82) is 0 Å². The minimum absolute atomic E-state index is 0. The van der Waals surface area contributed by atoms with Gasteiger partial charge in [-0.05, 0) is 36.1 Å². The largest absolute Gasteiger partial charge is 0.207 e. The molecule has 1 heteroatoms. The molecule has 0 radical (unpaired) electrons. The van der Waals surface area contributed by atoms with Crippen LogP contribution in [-0.2, 0) is 0 Å². The van der Waals surface area contributed by atoms with E-state index in [1.54, 1.807) is 6.07 Å². The van der Waals surface area contributed by atoms with Crippen molar-refractivity contribution in [3.8, 4) is 0 Å². The molecular weight excluding hydrogens is 151 g/mol.